The van der Waals surface area contributed by atoms with E-state index in [0.29, 0.717) is 46.6 Å². The molecule has 0 saturated carbocycles. The lowest BCUT2D eigenvalue weighted by molar-refractivity contribution is -0.133. The Labute approximate surface area is 177 Å². The fraction of sp³-hybridized carbons (Fsp3) is 0.400. The first-order valence-corrected chi connectivity index (χ1v) is 10.3. The van der Waals surface area contributed by atoms with Gasteiger partial charge in [-0.1, -0.05) is 17.4 Å². The molecule has 1 unspecified atom stereocenters. The number of amides is 3. The van der Waals surface area contributed by atoms with E-state index in [4.69, 9.17) is 9.47 Å². The predicted octanol–water partition coefficient (Wildman–Crippen LogP) is 2.01. The predicted molar refractivity (Wildman–Crippen MR) is 110 cm³/mol. The summed E-state index contributed by atoms with van der Waals surface area (Å²) >= 11 is 1.13. The Bertz CT molecular complexity index is 1020. The van der Waals surface area contributed by atoms with Crippen LogP contribution in [0.1, 0.15) is 33.8 Å². The molecule has 0 bridgehead atoms. The summed E-state index contributed by atoms with van der Waals surface area (Å²) < 4.78 is 10.7. The van der Waals surface area contributed by atoms with Crippen LogP contribution in [0.4, 0.5) is 5.13 Å². The molecule has 0 radical (unpaired) electrons. The minimum atomic E-state index is -0.597. The van der Waals surface area contributed by atoms with Crippen LogP contribution in [0.3, 0.4) is 0 Å². The molecule has 0 spiro atoms. The first-order valence-electron chi connectivity index (χ1n) is 9.51. The Morgan fingerprint density at radius 3 is 2.83 bits per heavy atom. The third-order valence-corrected chi connectivity index (χ3v) is 6.11. The third-order valence-electron chi connectivity index (χ3n) is 5.05. The molecule has 2 aliphatic rings. The molecule has 1 atom stereocenters. The number of aryl methyl sites for hydroxylation is 1. The van der Waals surface area contributed by atoms with Crippen molar-refractivity contribution in [3.8, 4) is 11.5 Å². The molecule has 1 N–H and O–H groups in total. The molecule has 0 aliphatic carbocycles. The number of benzene rings is 1. The number of fused-ring (bicyclic) bond motifs is 1. The summed E-state index contributed by atoms with van der Waals surface area (Å²) in [5.41, 5.74) is 1.42. The number of rotatable bonds is 5. The van der Waals surface area contributed by atoms with Gasteiger partial charge in [-0.05, 0) is 31.0 Å². The van der Waals surface area contributed by atoms with Crippen molar-refractivity contribution in [1.29, 1.82) is 0 Å². The van der Waals surface area contributed by atoms with E-state index in [-0.39, 0.29) is 24.5 Å². The molecular formula is C20H22N4O5S. The molecule has 2 aromatic rings. The van der Waals surface area contributed by atoms with Crippen LogP contribution >= 0.6 is 11.3 Å². The monoisotopic (exact) mass is 430 g/mol. The number of anilines is 1. The van der Waals surface area contributed by atoms with E-state index in [1.54, 1.807) is 32.0 Å². The lowest BCUT2D eigenvalue weighted by Gasteiger charge is -2.23. The first kappa shape index (κ1) is 20.1. The highest BCUT2D eigenvalue weighted by molar-refractivity contribution is 7.17. The maximum absolute atomic E-state index is 12.9. The molecule has 4 rings (SSSR count). The molecule has 10 heteroatoms. The van der Waals surface area contributed by atoms with Crippen LogP contribution in [0.5, 0.6) is 11.5 Å². The van der Waals surface area contributed by atoms with Crippen LogP contribution in [-0.2, 0) is 16.1 Å². The zero-order valence-electron chi connectivity index (χ0n) is 16.9. The Kier molecular flexibility index (Phi) is 5.33. The van der Waals surface area contributed by atoms with Gasteiger partial charge in [0.15, 0.2) is 16.6 Å². The van der Waals surface area contributed by atoms with Gasteiger partial charge in [-0.25, -0.2) is 4.98 Å². The summed E-state index contributed by atoms with van der Waals surface area (Å²) in [5, 5.41) is 3.13. The van der Waals surface area contributed by atoms with Gasteiger partial charge in [0.05, 0.1) is 5.69 Å². The molecule has 1 saturated heterocycles. The van der Waals surface area contributed by atoms with E-state index in [1.165, 1.54) is 4.90 Å². The van der Waals surface area contributed by atoms with Crippen molar-refractivity contribution in [2.75, 3.05) is 26.2 Å². The SMILES string of the molecule is Cc1nc(NC(=O)C2CCC(=O)N2Cc2ccc3c(c2)OCO3)sc1C(=O)N(C)C. The molecule has 1 aromatic carbocycles. The molecule has 9 nitrogen and oxygen atoms in total. The maximum Gasteiger partial charge on any atom is 0.265 e. The highest BCUT2D eigenvalue weighted by Crippen LogP contribution is 2.34. The topological polar surface area (TPSA) is 101 Å². The van der Waals surface area contributed by atoms with Crippen LogP contribution in [0.25, 0.3) is 0 Å². The number of carbonyl (C=O) groups is 3. The average molecular weight is 430 g/mol. The number of hydrogen-bond donors (Lipinski definition) is 1. The number of nitrogens with zero attached hydrogens (tertiary/aromatic N) is 3. The average Bonchev–Trinajstić information content (AvgIpc) is 3.40. The smallest absolute Gasteiger partial charge is 0.265 e. The number of aromatic nitrogens is 1. The van der Waals surface area contributed by atoms with Gasteiger partial charge in [0.1, 0.15) is 10.9 Å². The van der Waals surface area contributed by atoms with Crippen LogP contribution < -0.4 is 14.8 Å². The first-order chi connectivity index (χ1) is 14.3. The Morgan fingerprint density at radius 2 is 2.07 bits per heavy atom. The van der Waals surface area contributed by atoms with E-state index in [0.717, 1.165) is 16.9 Å². The number of nitrogens with one attached hydrogen (secondary N) is 1. The number of ether oxygens (including phenoxy) is 2. The number of likely N-dealkylation sites (tertiary alicyclic amines) is 1. The Morgan fingerprint density at radius 1 is 1.30 bits per heavy atom. The lowest BCUT2D eigenvalue weighted by atomic mass is 10.1. The Balaban J connectivity index is 1.47. The maximum atomic E-state index is 12.9. The van der Waals surface area contributed by atoms with Gasteiger partial charge < -0.3 is 24.6 Å². The van der Waals surface area contributed by atoms with Gasteiger partial charge in [0.25, 0.3) is 5.91 Å². The Hall–Kier alpha value is -3.14. The molecule has 3 heterocycles. The number of carbonyl (C=O) groups excluding carboxylic acids is 3. The minimum Gasteiger partial charge on any atom is -0.454 e. The van der Waals surface area contributed by atoms with Crippen molar-refractivity contribution in [3.05, 3.63) is 34.3 Å². The molecule has 158 valence electrons. The fourth-order valence-corrected chi connectivity index (χ4v) is 4.47. The second-order valence-corrected chi connectivity index (χ2v) is 8.39. The van der Waals surface area contributed by atoms with Crippen molar-refractivity contribution in [2.24, 2.45) is 0 Å². The molecule has 1 fully saturated rings. The zero-order chi connectivity index (χ0) is 21.4. The standard InChI is InChI=1S/C20H22N4O5S/c1-11-17(19(27)23(2)3)30-20(21-11)22-18(26)13-5-7-16(25)24(13)9-12-4-6-14-15(8-12)29-10-28-14/h4,6,8,13H,5,7,9-10H2,1-3H3,(H,21,22,26). The highest BCUT2D eigenvalue weighted by atomic mass is 32.1. The van der Waals surface area contributed by atoms with Crippen molar-refractivity contribution >= 4 is 34.2 Å². The summed E-state index contributed by atoms with van der Waals surface area (Å²) in [4.78, 5) is 45.3. The van der Waals surface area contributed by atoms with Gasteiger partial charge in [0, 0.05) is 27.1 Å². The van der Waals surface area contributed by atoms with E-state index < -0.39 is 6.04 Å². The van der Waals surface area contributed by atoms with Crippen molar-refractivity contribution in [2.45, 2.75) is 32.4 Å². The fourth-order valence-electron chi connectivity index (χ4n) is 3.48. The lowest BCUT2D eigenvalue weighted by Crippen LogP contribution is -2.41. The summed E-state index contributed by atoms with van der Waals surface area (Å²) in [6.45, 7) is 2.21. The molecule has 30 heavy (non-hydrogen) atoms. The number of hydrogen-bond acceptors (Lipinski definition) is 7. The van der Waals surface area contributed by atoms with Crippen molar-refractivity contribution in [1.82, 2.24) is 14.8 Å². The molecule has 3 amide bonds. The number of thiazole rings is 1. The van der Waals surface area contributed by atoms with E-state index >= 15 is 0 Å². The van der Waals surface area contributed by atoms with Crippen molar-refractivity contribution in [3.63, 3.8) is 0 Å². The van der Waals surface area contributed by atoms with Crippen LogP contribution in [0.15, 0.2) is 18.2 Å². The van der Waals surface area contributed by atoms with E-state index in [1.807, 2.05) is 12.1 Å². The van der Waals surface area contributed by atoms with Crippen LogP contribution in [0.2, 0.25) is 0 Å². The largest absolute Gasteiger partial charge is 0.454 e. The van der Waals surface area contributed by atoms with Gasteiger partial charge in [0.2, 0.25) is 18.6 Å². The van der Waals surface area contributed by atoms with E-state index in [9.17, 15) is 14.4 Å². The molecular weight excluding hydrogens is 408 g/mol. The summed E-state index contributed by atoms with van der Waals surface area (Å²) in [7, 11) is 3.33. The van der Waals surface area contributed by atoms with Gasteiger partial charge in [-0.2, -0.15) is 0 Å². The summed E-state index contributed by atoms with van der Waals surface area (Å²) in [6.07, 6.45) is 0.743. The normalized spacial score (nSPS) is 17.4. The van der Waals surface area contributed by atoms with E-state index in [2.05, 4.69) is 10.3 Å². The van der Waals surface area contributed by atoms with Crippen LogP contribution in [0, 0.1) is 6.92 Å². The van der Waals surface area contributed by atoms with Crippen molar-refractivity contribution < 1.29 is 23.9 Å². The molecule has 1 aromatic heterocycles. The van der Waals surface area contributed by atoms with Gasteiger partial charge in [-0.15, -0.1) is 0 Å². The quantitative estimate of drug-likeness (QED) is 0.779. The van der Waals surface area contributed by atoms with Gasteiger partial charge >= 0.3 is 0 Å². The zero-order valence-corrected chi connectivity index (χ0v) is 17.7. The molecule has 2 aliphatic heterocycles. The third kappa shape index (κ3) is 3.82. The van der Waals surface area contributed by atoms with Gasteiger partial charge in [-0.3, -0.25) is 14.4 Å². The second-order valence-electron chi connectivity index (χ2n) is 7.39. The highest BCUT2D eigenvalue weighted by Gasteiger charge is 2.36. The summed E-state index contributed by atoms with van der Waals surface area (Å²) in [6, 6.07) is 4.89. The minimum absolute atomic E-state index is 0.0772. The second kappa shape index (κ2) is 7.94. The summed E-state index contributed by atoms with van der Waals surface area (Å²) in [5.74, 6) is 0.760. The van der Waals surface area contributed by atoms with Crippen LogP contribution in [-0.4, -0.2) is 59.4 Å².